The number of nitrogens with zero attached hydrogens (tertiary/aromatic N) is 2. The van der Waals surface area contributed by atoms with Gasteiger partial charge in [0.15, 0.2) is 5.13 Å². The van der Waals surface area contributed by atoms with Gasteiger partial charge in [0.2, 0.25) is 10.0 Å². The molecule has 9 heteroatoms. The molecule has 4 rings (SSSR count). The fourth-order valence-corrected chi connectivity index (χ4v) is 5.96. The normalized spacial score (nSPS) is 15.3. The molecule has 1 N–H and O–H groups in total. The number of sulfonamides is 1. The van der Waals surface area contributed by atoms with Crippen LogP contribution < -0.4 is 9.62 Å². The third-order valence-corrected chi connectivity index (χ3v) is 8.23. The third-order valence-electron chi connectivity index (χ3n) is 4.91. The topological polar surface area (TPSA) is 79.4 Å². The van der Waals surface area contributed by atoms with Gasteiger partial charge in [0.25, 0.3) is 5.91 Å². The van der Waals surface area contributed by atoms with Gasteiger partial charge >= 0.3 is 0 Å². The molecule has 0 spiro atoms. The van der Waals surface area contributed by atoms with Crippen molar-refractivity contribution in [3.63, 3.8) is 0 Å². The van der Waals surface area contributed by atoms with Crippen LogP contribution in [0.5, 0.6) is 0 Å². The van der Waals surface area contributed by atoms with E-state index in [9.17, 15) is 13.2 Å². The Hall–Kier alpha value is -2.42. The minimum atomic E-state index is -3.29. The summed E-state index contributed by atoms with van der Waals surface area (Å²) in [6.45, 7) is 2.40. The van der Waals surface area contributed by atoms with Gasteiger partial charge in [0.1, 0.15) is 0 Å². The molecule has 1 aliphatic rings. The Morgan fingerprint density at radius 2 is 2.07 bits per heavy atom. The molecule has 0 bridgehead atoms. The number of aryl methyl sites for hydroxylation is 1. The fraction of sp³-hybridized carbons (Fsp3) is 0.238. The minimum absolute atomic E-state index is 0.135. The molecule has 30 heavy (non-hydrogen) atoms. The Labute approximate surface area is 184 Å². The van der Waals surface area contributed by atoms with Crippen molar-refractivity contribution in [2.75, 3.05) is 21.9 Å². The van der Waals surface area contributed by atoms with Crippen LogP contribution in [0.25, 0.3) is 0 Å². The highest BCUT2D eigenvalue weighted by atomic mass is 35.5. The molecule has 1 fully saturated rings. The minimum Gasteiger partial charge on any atom is -0.298 e. The summed E-state index contributed by atoms with van der Waals surface area (Å²) >= 11 is 7.76. The smallest absolute Gasteiger partial charge is 0.257 e. The maximum absolute atomic E-state index is 12.7. The van der Waals surface area contributed by atoms with Crippen LogP contribution in [-0.2, 0) is 16.4 Å². The van der Waals surface area contributed by atoms with E-state index in [4.69, 9.17) is 11.6 Å². The molecule has 0 unspecified atom stereocenters. The zero-order valence-electron chi connectivity index (χ0n) is 16.3. The molecule has 0 aliphatic carbocycles. The number of carbonyl (C=O) groups is 1. The van der Waals surface area contributed by atoms with Crippen LogP contribution >= 0.6 is 22.9 Å². The molecule has 0 atom stereocenters. The quantitative estimate of drug-likeness (QED) is 0.607. The van der Waals surface area contributed by atoms with Gasteiger partial charge in [-0.1, -0.05) is 35.9 Å². The SMILES string of the molecule is Cc1cccc(Cc2cnc(NC(=O)c3cccc(N4CCCS4(=O)=O)c3)s2)c1Cl. The summed E-state index contributed by atoms with van der Waals surface area (Å²) in [4.78, 5) is 17.9. The lowest BCUT2D eigenvalue weighted by molar-refractivity contribution is 0.102. The van der Waals surface area contributed by atoms with E-state index in [1.165, 1.54) is 15.6 Å². The number of amides is 1. The first kappa shape index (κ1) is 20.8. The highest BCUT2D eigenvalue weighted by Gasteiger charge is 2.28. The van der Waals surface area contributed by atoms with Crippen LogP contribution in [0.15, 0.2) is 48.7 Å². The van der Waals surface area contributed by atoms with Gasteiger partial charge in [-0.25, -0.2) is 13.4 Å². The second kappa shape index (κ2) is 8.37. The summed E-state index contributed by atoms with van der Waals surface area (Å²) in [5.74, 6) is -0.195. The monoisotopic (exact) mass is 461 g/mol. The van der Waals surface area contributed by atoms with Gasteiger partial charge in [0.05, 0.1) is 11.4 Å². The molecule has 0 radical (unpaired) electrons. The maximum atomic E-state index is 12.7. The van der Waals surface area contributed by atoms with Crippen LogP contribution in [0.1, 0.15) is 32.8 Å². The van der Waals surface area contributed by atoms with Gasteiger partial charge in [-0.05, 0) is 42.7 Å². The van der Waals surface area contributed by atoms with E-state index in [2.05, 4.69) is 10.3 Å². The number of aromatic nitrogens is 1. The molecule has 1 aliphatic heterocycles. The van der Waals surface area contributed by atoms with Gasteiger partial charge in [0, 0.05) is 34.6 Å². The number of thiazole rings is 1. The van der Waals surface area contributed by atoms with Crippen molar-refractivity contribution in [3.8, 4) is 0 Å². The molecule has 1 saturated heterocycles. The van der Waals surface area contributed by atoms with E-state index in [1.807, 2.05) is 25.1 Å². The molecule has 6 nitrogen and oxygen atoms in total. The molecule has 3 aromatic rings. The number of nitrogens with one attached hydrogen (secondary N) is 1. The highest BCUT2D eigenvalue weighted by Crippen LogP contribution is 2.28. The van der Waals surface area contributed by atoms with Gasteiger partial charge in [-0.3, -0.25) is 14.4 Å². The van der Waals surface area contributed by atoms with Gasteiger partial charge in [-0.15, -0.1) is 11.3 Å². The fourth-order valence-electron chi connectivity index (χ4n) is 3.38. The average molecular weight is 462 g/mol. The molecule has 1 aromatic heterocycles. The Bertz CT molecular complexity index is 1210. The first-order valence-electron chi connectivity index (χ1n) is 9.44. The predicted octanol–water partition coefficient (Wildman–Crippen LogP) is 4.49. The second-order valence-corrected chi connectivity index (χ2v) is 10.6. The standard InChI is InChI=1S/C21H20ClN3O3S2/c1-14-5-2-6-15(19(14)22)12-18-13-23-21(29-18)24-20(26)16-7-3-8-17(11-16)25-9-4-10-30(25,27)28/h2-3,5-8,11,13H,4,9-10,12H2,1H3,(H,23,24,26). The van der Waals surface area contributed by atoms with Crippen molar-refractivity contribution in [1.82, 2.24) is 4.98 Å². The predicted molar refractivity (Wildman–Crippen MR) is 121 cm³/mol. The Morgan fingerprint density at radius 1 is 1.27 bits per heavy atom. The van der Waals surface area contributed by atoms with Gasteiger partial charge < -0.3 is 0 Å². The van der Waals surface area contributed by atoms with Crippen LogP contribution in [0.3, 0.4) is 0 Å². The number of anilines is 2. The summed E-state index contributed by atoms with van der Waals surface area (Å²) in [5.41, 5.74) is 2.92. The van der Waals surface area contributed by atoms with E-state index >= 15 is 0 Å². The molecule has 0 saturated carbocycles. The van der Waals surface area contributed by atoms with Crippen molar-refractivity contribution in [1.29, 1.82) is 0 Å². The number of hydrogen-bond donors (Lipinski definition) is 1. The van der Waals surface area contributed by atoms with E-state index in [0.29, 0.717) is 35.8 Å². The first-order valence-corrected chi connectivity index (χ1v) is 12.2. The molecule has 2 aromatic carbocycles. The summed E-state index contributed by atoms with van der Waals surface area (Å²) in [6.07, 6.45) is 2.95. The largest absolute Gasteiger partial charge is 0.298 e. The Kier molecular flexibility index (Phi) is 5.81. The Balaban J connectivity index is 1.47. The van der Waals surface area contributed by atoms with Crippen LogP contribution in [-0.4, -0.2) is 31.6 Å². The average Bonchev–Trinajstić information content (AvgIpc) is 3.30. The van der Waals surface area contributed by atoms with Crippen LogP contribution in [0.2, 0.25) is 5.02 Å². The Morgan fingerprint density at radius 3 is 2.83 bits per heavy atom. The zero-order valence-corrected chi connectivity index (χ0v) is 18.6. The van der Waals surface area contributed by atoms with E-state index in [1.54, 1.807) is 30.5 Å². The van der Waals surface area contributed by atoms with Gasteiger partial charge in [-0.2, -0.15) is 0 Å². The van der Waals surface area contributed by atoms with Crippen LogP contribution in [0.4, 0.5) is 10.8 Å². The lowest BCUT2D eigenvalue weighted by atomic mass is 10.1. The molecule has 2 heterocycles. The van der Waals surface area contributed by atoms with E-state index < -0.39 is 10.0 Å². The number of benzene rings is 2. The maximum Gasteiger partial charge on any atom is 0.257 e. The summed E-state index contributed by atoms with van der Waals surface area (Å²) in [6, 6.07) is 12.5. The highest BCUT2D eigenvalue weighted by molar-refractivity contribution is 7.93. The number of hydrogen-bond acceptors (Lipinski definition) is 5. The van der Waals surface area contributed by atoms with E-state index in [0.717, 1.165) is 21.0 Å². The zero-order chi connectivity index (χ0) is 21.3. The number of carbonyl (C=O) groups excluding carboxylic acids is 1. The van der Waals surface area contributed by atoms with Crippen molar-refractivity contribution in [3.05, 3.63) is 75.3 Å². The lowest BCUT2D eigenvalue weighted by Crippen LogP contribution is -2.25. The summed E-state index contributed by atoms with van der Waals surface area (Å²) in [5, 5.41) is 4.02. The molecule has 1 amide bonds. The van der Waals surface area contributed by atoms with Crippen molar-refractivity contribution < 1.29 is 13.2 Å². The van der Waals surface area contributed by atoms with E-state index in [-0.39, 0.29) is 11.7 Å². The second-order valence-electron chi connectivity index (χ2n) is 7.10. The summed E-state index contributed by atoms with van der Waals surface area (Å²) < 4.78 is 25.6. The lowest BCUT2D eigenvalue weighted by Gasteiger charge is -2.17. The van der Waals surface area contributed by atoms with Crippen molar-refractivity contribution in [2.24, 2.45) is 0 Å². The number of rotatable bonds is 5. The van der Waals surface area contributed by atoms with Crippen molar-refractivity contribution in [2.45, 2.75) is 19.8 Å². The molecular weight excluding hydrogens is 442 g/mol. The third kappa shape index (κ3) is 4.35. The first-order chi connectivity index (χ1) is 14.3. The number of halogens is 1. The summed E-state index contributed by atoms with van der Waals surface area (Å²) in [7, 11) is -3.29. The molecule has 156 valence electrons. The van der Waals surface area contributed by atoms with Crippen molar-refractivity contribution >= 4 is 49.7 Å². The van der Waals surface area contributed by atoms with Crippen LogP contribution in [0, 0.1) is 6.92 Å². The molecular formula is C21H20ClN3O3S2.